The average molecular weight is 264 g/mol. The van der Waals surface area contributed by atoms with Crippen molar-refractivity contribution in [3.63, 3.8) is 0 Å². The topological polar surface area (TPSA) is 73.1 Å². The van der Waals surface area contributed by atoms with Crippen LogP contribution < -0.4 is 11.1 Å². The fraction of sp³-hybridized carbons (Fsp3) is 0.600. The van der Waals surface area contributed by atoms with Crippen LogP contribution in [0, 0.1) is 0 Å². The van der Waals surface area contributed by atoms with E-state index < -0.39 is 17.8 Å². The molecule has 0 fully saturated rings. The summed E-state index contributed by atoms with van der Waals surface area (Å²) in [6.07, 6.45) is -4.68. The van der Waals surface area contributed by atoms with Crippen molar-refractivity contribution >= 4 is 11.8 Å². The van der Waals surface area contributed by atoms with E-state index in [0.717, 1.165) is 6.07 Å². The summed E-state index contributed by atoms with van der Waals surface area (Å²) in [4.78, 5) is 6.82. The summed E-state index contributed by atoms with van der Waals surface area (Å²) in [7, 11) is 0. The minimum Gasteiger partial charge on any atom is -0.377 e. The Bertz CT molecular complexity index is 397. The Labute approximate surface area is 103 Å². The number of alkyl halides is 3. The Morgan fingerprint density at radius 3 is 2.67 bits per heavy atom. The van der Waals surface area contributed by atoms with Crippen LogP contribution in [-0.4, -0.2) is 29.2 Å². The lowest BCUT2D eigenvalue weighted by Crippen LogP contribution is -2.21. The zero-order valence-electron chi connectivity index (χ0n) is 10.1. The molecule has 0 radical (unpaired) electrons. The summed E-state index contributed by atoms with van der Waals surface area (Å²) in [5.74, 6) is -0.391. The maximum atomic E-state index is 12.5. The molecule has 5 nitrogen and oxygen atoms in total. The zero-order valence-corrected chi connectivity index (χ0v) is 10.1. The van der Waals surface area contributed by atoms with Gasteiger partial charge in [0.2, 0.25) is 5.95 Å². The van der Waals surface area contributed by atoms with Gasteiger partial charge in [-0.3, -0.25) is 0 Å². The molecule has 0 aliphatic rings. The number of halogens is 3. The lowest BCUT2D eigenvalue weighted by molar-refractivity contribution is -0.141. The van der Waals surface area contributed by atoms with Crippen molar-refractivity contribution in [1.82, 2.24) is 9.97 Å². The van der Waals surface area contributed by atoms with Gasteiger partial charge in [-0.05, 0) is 13.8 Å². The number of nitrogens with zero attached hydrogens (tertiary/aromatic N) is 2. The zero-order chi connectivity index (χ0) is 13.8. The number of nitrogens with two attached hydrogens (primary N) is 1. The molecule has 1 rings (SSSR count). The lowest BCUT2D eigenvalue weighted by atomic mass is 10.3. The van der Waals surface area contributed by atoms with Crippen molar-refractivity contribution in [2.24, 2.45) is 0 Å². The van der Waals surface area contributed by atoms with Crippen LogP contribution in [0.5, 0.6) is 0 Å². The number of aromatic nitrogens is 2. The number of rotatable bonds is 5. The second-order valence-corrected chi connectivity index (χ2v) is 3.64. The van der Waals surface area contributed by atoms with E-state index in [4.69, 9.17) is 10.5 Å². The molecule has 18 heavy (non-hydrogen) atoms. The lowest BCUT2D eigenvalue weighted by Gasteiger charge is -2.14. The Morgan fingerprint density at radius 1 is 1.44 bits per heavy atom. The number of anilines is 2. The molecule has 1 atom stereocenters. The van der Waals surface area contributed by atoms with Crippen LogP contribution in [0.25, 0.3) is 0 Å². The molecule has 0 aromatic carbocycles. The third-order valence-electron chi connectivity index (χ3n) is 2.06. The molecule has 1 aromatic heterocycles. The molecule has 102 valence electrons. The quantitative estimate of drug-likeness (QED) is 0.850. The highest BCUT2D eigenvalue weighted by atomic mass is 19.4. The van der Waals surface area contributed by atoms with Crippen LogP contribution in [0.1, 0.15) is 19.5 Å². The second kappa shape index (κ2) is 5.85. The first kappa shape index (κ1) is 14.5. The molecule has 1 heterocycles. The van der Waals surface area contributed by atoms with Gasteiger partial charge in [0, 0.05) is 19.2 Å². The second-order valence-electron chi connectivity index (χ2n) is 3.64. The monoisotopic (exact) mass is 264 g/mol. The molecule has 0 bridgehead atoms. The van der Waals surface area contributed by atoms with E-state index in [-0.39, 0.29) is 11.9 Å². The number of hydrogen-bond acceptors (Lipinski definition) is 5. The van der Waals surface area contributed by atoms with Gasteiger partial charge in [-0.15, -0.1) is 0 Å². The van der Waals surface area contributed by atoms with Gasteiger partial charge < -0.3 is 15.8 Å². The Balaban J connectivity index is 2.75. The van der Waals surface area contributed by atoms with Crippen LogP contribution >= 0.6 is 0 Å². The van der Waals surface area contributed by atoms with Crippen molar-refractivity contribution in [2.75, 3.05) is 24.2 Å². The summed E-state index contributed by atoms with van der Waals surface area (Å²) >= 11 is 0. The fourth-order valence-electron chi connectivity index (χ4n) is 1.29. The molecule has 8 heteroatoms. The van der Waals surface area contributed by atoms with Crippen molar-refractivity contribution in [2.45, 2.75) is 26.1 Å². The molecular weight excluding hydrogens is 249 g/mol. The van der Waals surface area contributed by atoms with Gasteiger partial charge in [0.15, 0.2) is 5.69 Å². The summed E-state index contributed by atoms with van der Waals surface area (Å²) in [5, 5.41) is 2.73. The summed E-state index contributed by atoms with van der Waals surface area (Å²) in [5.41, 5.74) is 4.16. The van der Waals surface area contributed by atoms with E-state index >= 15 is 0 Å². The number of hydrogen-bond donors (Lipinski definition) is 2. The van der Waals surface area contributed by atoms with E-state index in [1.807, 2.05) is 6.92 Å². The number of nitrogen functional groups attached to an aromatic ring is 1. The highest BCUT2D eigenvalue weighted by Crippen LogP contribution is 2.29. The smallest absolute Gasteiger partial charge is 0.377 e. The normalized spacial score (nSPS) is 13.4. The first-order chi connectivity index (χ1) is 8.32. The van der Waals surface area contributed by atoms with E-state index in [1.165, 1.54) is 0 Å². The Morgan fingerprint density at radius 2 is 2.11 bits per heavy atom. The van der Waals surface area contributed by atoms with E-state index in [0.29, 0.717) is 13.2 Å². The average Bonchev–Trinajstić information content (AvgIpc) is 2.25. The van der Waals surface area contributed by atoms with Crippen molar-refractivity contribution < 1.29 is 17.9 Å². The molecule has 1 aromatic rings. The Kier molecular flexibility index (Phi) is 4.71. The third kappa shape index (κ3) is 4.36. The number of nitrogens with one attached hydrogen (secondary N) is 1. The predicted molar refractivity (Wildman–Crippen MR) is 61.0 cm³/mol. The highest BCUT2D eigenvalue weighted by molar-refractivity contribution is 5.41. The van der Waals surface area contributed by atoms with Gasteiger partial charge in [0.05, 0.1) is 6.10 Å². The van der Waals surface area contributed by atoms with E-state index in [9.17, 15) is 13.2 Å². The molecule has 3 N–H and O–H groups in total. The van der Waals surface area contributed by atoms with Gasteiger partial charge in [-0.25, -0.2) is 4.98 Å². The largest absolute Gasteiger partial charge is 0.433 e. The third-order valence-corrected chi connectivity index (χ3v) is 2.06. The maximum absolute atomic E-state index is 12.5. The summed E-state index contributed by atoms with van der Waals surface area (Å²) in [6.45, 7) is 4.50. The molecule has 1 unspecified atom stereocenters. The first-order valence-electron chi connectivity index (χ1n) is 5.40. The maximum Gasteiger partial charge on any atom is 0.433 e. The first-order valence-corrected chi connectivity index (χ1v) is 5.40. The minimum atomic E-state index is -4.54. The minimum absolute atomic E-state index is 0.0291. The molecular formula is C10H15F3N4O. The standard InChI is InChI=1S/C10H15F3N4O/c1-3-18-6(2)5-15-8-4-7(10(11,12)13)16-9(14)17-8/h4,6H,3,5H2,1-2H3,(H3,14,15,16,17). The number of ether oxygens (including phenoxy) is 1. The molecule has 0 saturated heterocycles. The SMILES string of the molecule is CCOC(C)CNc1cc(C(F)(F)F)nc(N)n1. The molecule has 0 aliphatic heterocycles. The summed E-state index contributed by atoms with van der Waals surface area (Å²) in [6, 6.07) is 0.815. The van der Waals surface area contributed by atoms with Crippen LogP contribution in [0.2, 0.25) is 0 Å². The van der Waals surface area contributed by atoms with Crippen LogP contribution in [0.15, 0.2) is 6.07 Å². The van der Waals surface area contributed by atoms with Gasteiger partial charge in [0.25, 0.3) is 0 Å². The predicted octanol–water partition coefficient (Wildman–Crippen LogP) is 1.91. The Hall–Kier alpha value is -1.57. The molecule has 0 aliphatic carbocycles. The molecule has 0 amide bonds. The molecule has 0 spiro atoms. The van der Waals surface area contributed by atoms with Gasteiger partial charge in [-0.1, -0.05) is 0 Å². The van der Waals surface area contributed by atoms with E-state index in [1.54, 1.807) is 6.92 Å². The summed E-state index contributed by atoms with van der Waals surface area (Å²) < 4.78 is 42.6. The van der Waals surface area contributed by atoms with Crippen molar-refractivity contribution in [3.8, 4) is 0 Å². The van der Waals surface area contributed by atoms with Crippen molar-refractivity contribution in [3.05, 3.63) is 11.8 Å². The van der Waals surface area contributed by atoms with E-state index in [2.05, 4.69) is 15.3 Å². The van der Waals surface area contributed by atoms with Gasteiger partial charge >= 0.3 is 6.18 Å². The fourth-order valence-corrected chi connectivity index (χ4v) is 1.29. The van der Waals surface area contributed by atoms with Crippen LogP contribution in [0.3, 0.4) is 0 Å². The van der Waals surface area contributed by atoms with Crippen LogP contribution in [0.4, 0.5) is 24.9 Å². The van der Waals surface area contributed by atoms with Gasteiger partial charge in [0.1, 0.15) is 5.82 Å². The van der Waals surface area contributed by atoms with Gasteiger partial charge in [-0.2, -0.15) is 18.2 Å². The van der Waals surface area contributed by atoms with Crippen molar-refractivity contribution in [1.29, 1.82) is 0 Å². The van der Waals surface area contributed by atoms with Crippen LogP contribution in [-0.2, 0) is 10.9 Å². The molecule has 0 saturated carbocycles. The highest BCUT2D eigenvalue weighted by Gasteiger charge is 2.33.